The Kier molecular flexibility index (Phi) is 10.2. The second-order valence-corrected chi connectivity index (χ2v) is 8.97. The third kappa shape index (κ3) is 8.96. The molecule has 0 aliphatic carbocycles. The summed E-state index contributed by atoms with van der Waals surface area (Å²) in [6, 6.07) is 19.0. The number of hydrogen-bond donors (Lipinski definition) is 2. The summed E-state index contributed by atoms with van der Waals surface area (Å²) in [7, 11) is 1.79. The molecule has 0 fully saturated rings. The molecular weight excluding hydrogens is 511 g/mol. The van der Waals surface area contributed by atoms with Crippen LogP contribution in [0.5, 0.6) is 0 Å². The van der Waals surface area contributed by atoms with Crippen molar-refractivity contribution in [3.05, 3.63) is 90.1 Å². The van der Waals surface area contributed by atoms with Crippen molar-refractivity contribution < 1.29 is 33.0 Å². The van der Waals surface area contributed by atoms with Gasteiger partial charge in [0.25, 0.3) is 0 Å². The van der Waals surface area contributed by atoms with Crippen molar-refractivity contribution >= 4 is 34.1 Å². The van der Waals surface area contributed by atoms with Crippen molar-refractivity contribution in [1.29, 1.82) is 0 Å². The second-order valence-electron chi connectivity index (χ2n) is 8.97. The summed E-state index contributed by atoms with van der Waals surface area (Å²) in [4.78, 5) is 27.0. The molecule has 39 heavy (non-hydrogen) atoms. The second kappa shape index (κ2) is 13.6. The van der Waals surface area contributed by atoms with E-state index in [2.05, 4.69) is 58.4 Å². The van der Waals surface area contributed by atoms with Gasteiger partial charge >= 0.3 is 18.1 Å². The smallest absolute Gasteiger partial charge is 0.433 e. The number of hydrogen-bond acceptors (Lipinski definition) is 5. The van der Waals surface area contributed by atoms with E-state index in [1.807, 2.05) is 0 Å². The zero-order valence-corrected chi connectivity index (χ0v) is 21.4. The highest BCUT2D eigenvalue weighted by molar-refractivity contribution is 5.94. The van der Waals surface area contributed by atoms with Crippen molar-refractivity contribution in [2.75, 3.05) is 38.1 Å². The number of aliphatic carboxylic acids is 2. The Bertz CT molecular complexity index is 1330. The molecule has 0 spiro atoms. The van der Waals surface area contributed by atoms with E-state index in [0.29, 0.717) is 24.5 Å². The molecule has 2 aromatic carbocycles. The van der Waals surface area contributed by atoms with Gasteiger partial charge in [0.2, 0.25) is 0 Å². The SMILES string of the molecule is CN(CCCN1CC=C(c2cccc3ccccc23)CC1)c1cccc(C(F)(F)F)n1.O=C(O)/C=C/C(=O)O. The van der Waals surface area contributed by atoms with Crippen LogP contribution < -0.4 is 4.90 Å². The molecule has 3 aromatic rings. The average Bonchev–Trinajstić information content (AvgIpc) is 2.92. The molecule has 0 saturated heterocycles. The number of carboxylic acids is 2. The van der Waals surface area contributed by atoms with Crippen LogP contribution in [0.4, 0.5) is 19.0 Å². The molecule has 2 heterocycles. The summed E-state index contributed by atoms with van der Waals surface area (Å²) < 4.78 is 38.6. The minimum Gasteiger partial charge on any atom is -0.478 e. The quantitative estimate of drug-likeness (QED) is 0.360. The lowest BCUT2D eigenvalue weighted by atomic mass is 9.94. The Hall–Kier alpha value is -4.18. The number of nitrogens with zero attached hydrogens (tertiary/aromatic N) is 3. The standard InChI is InChI=1S/C25H26F3N3.C4H4O4/c1-30(24-12-5-11-23(29-24)25(26,27)28)15-6-16-31-17-13-20(14-18-31)22-10-4-8-19-7-2-3-9-21(19)22;5-3(6)1-2-4(7)8/h2-5,7-13H,6,14-18H2,1H3;1-2H,(H,5,6)(H,7,8)/b;2-1+. The van der Waals surface area contributed by atoms with Gasteiger partial charge < -0.3 is 15.1 Å². The molecule has 2 N–H and O–H groups in total. The lowest BCUT2D eigenvalue weighted by Crippen LogP contribution is -2.32. The first-order chi connectivity index (χ1) is 18.5. The van der Waals surface area contributed by atoms with E-state index in [9.17, 15) is 22.8 Å². The van der Waals surface area contributed by atoms with Gasteiger partial charge in [-0.2, -0.15) is 13.2 Å². The summed E-state index contributed by atoms with van der Waals surface area (Å²) in [6.07, 6.45) is 0.873. The number of carbonyl (C=O) groups is 2. The Labute approximate surface area is 224 Å². The molecule has 0 radical (unpaired) electrons. The summed E-state index contributed by atoms with van der Waals surface area (Å²) in [6.45, 7) is 3.44. The van der Waals surface area contributed by atoms with E-state index in [1.54, 1.807) is 18.0 Å². The van der Waals surface area contributed by atoms with Crippen LogP contribution in [0.1, 0.15) is 24.1 Å². The first kappa shape index (κ1) is 29.4. The van der Waals surface area contributed by atoms with Gasteiger partial charge in [-0.3, -0.25) is 4.90 Å². The first-order valence-corrected chi connectivity index (χ1v) is 12.3. The van der Waals surface area contributed by atoms with Gasteiger partial charge in [-0.25, -0.2) is 14.6 Å². The van der Waals surface area contributed by atoms with E-state index in [1.165, 1.54) is 28.0 Å². The highest BCUT2D eigenvalue weighted by Gasteiger charge is 2.32. The third-order valence-corrected chi connectivity index (χ3v) is 6.18. The Morgan fingerprint density at radius 3 is 2.31 bits per heavy atom. The van der Waals surface area contributed by atoms with E-state index >= 15 is 0 Å². The van der Waals surface area contributed by atoms with Crippen LogP contribution in [0.15, 0.2) is 78.9 Å². The fourth-order valence-electron chi connectivity index (χ4n) is 4.25. The number of aromatic nitrogens is 1. The number of carboxylic acid groups (broad SMARTS) is 2. The molecular formula is C29H30F3N3O4. The topological polar surface area (TPSA) is 94.0 Å². The molecule has 10 heteroatoms. The van der Waals surface area contributed by atoms with Crippen molar-refractivity contribution in [1.82, 2.24) is 9.88 Å². The maximum absolute atomic E-state index is 12.9. The van der Waals surface area contributed by atoms with Gasteiger partial charge in [-0.15, -0.1) is 0 Å². The van der Waals surface area contributed by atoms with Gasteiger partial charge in [-0.05, 0) is 46.9 Å². The fourth-order valence-corrected chi connectivity index (χ4v) is 4.25. The van der Waals surface area contributed by atoms with Crippen LogP contribution in [0.2, 0.25) is 0 Å². The monoisotopic (exact) mass is 541 g/mol. The van der Waals surface area contributed by atoms with E-state index in [-0.39, 0.29) is 0 Å². The summed E-state index contributed by atoms with van der Waals surface area (Å²) in [5.74, 6) is -2.16. The predicted octanol–water partition coefficient (Wildman–Crippen LogP) is 5.58. The van der Waals surface area contributed by atoms with Gasteiger partial charge in [0.05, 0.1) is 0 Å². The number of alkyl halides is 3. The van der Waals surface area contributed by atoms with Gasteiger partial charge in [0.1, 0.15) is 11.5 Å². The van der Waals surface area contributed by atoms with Crippen molar-refractivity contribution in [2.45, 2.75) is 19.0 Å². The van der Waals surface area contributed by atoms with Gasteiger partial charge in [-0.1, -0.05) is 54.6 Å². The number of pyridine rings is 1. The van der Waals surface area contributed by atoms with Crippen molar-refractivity contribution in [2.24, 2.45) is 0 Å². The Morgan fingerprint density at radius 1 is 1.00 bits per heavy atom. The normalized spacial score (nSPS) is 14.0. The van der Waals surface area contributed by atoms with Crippen LogP contribution in [0, 0.1) is 0 Å². The van der Waals surface area contributed by atoms with Crippen LogP contribution in [-0.4, -0.2) is 65.3 Å². The molecule has 7 nitrogen and oxygen atoms in total. The molecule has 206 valence electrons. The maximum Gasteiger partial charge on any atom is 0.433 e. The lowest BCUT2D eigenvalue weighted by molar-refractivity contribution is -0.141. The third-order valence-electron chi connectivity index (χ3n) is 6.18. The summed E-state index contributed by atoms with van der Waals surface area (Å²) >= 11 is 0. The number of rotatable bonds is 8. The molecule has 0 amide bonds. The zero-order chi connectivity index (χ0) is 28.4. The number of halogens is 3. The maximum atomic E-state index is 12.9. The van der Waals surface area contributed by atoms with Gasteiger partial charge in [0, 0.05) is 45.4 Å². The van der Waals surface area contributed by atoms with E-state index in [0.717, 1.165) is 38.5 Å². The van der Waals surface area contributed by atoms with E-state index in [4.69, 9.17) is 10.2 Å². The molecule has 0 saturated carbocycles. The predicted molar refractivity (Wildman–Crippen MR) is 145 cm³/mol. The summed E-state index contributed by atoms with van der Waals surface area (Å²) in [5.41, 5.74) is 1.85. The summed E-state index contributed by atoms with van der Waals surface area (Å²) in [5, 5.41) is 18.2. The first-order valence-electron chi connectivity index (χ1n) is 12.3. The van der Waals surface area contributed by atoms with Crippen molar-refractivity contribution in [3.63, 3.8) is 0 Å². The van der Waals surface area contributed by atoms with E-state index < -0.39 is 23.8 Å². The molecule has 0 bridgehead atoms. The molecule has 1 aliphatic heterocycles. The van der Waals surface area contributed by atoms with Crippen LogP contribution in [0.25, 0.3) is 16.3 Å². The molecule has 1 aliphatic rings. The van der Waals surface area contributed by atoms with Crippen LogP contribution in [0.3, 0.4) is 0 Å². The highest BCUT2D eigenvalue weighted by Crippen LogP contribution is 2.30. The molecule has 0 atom stereocenters. The number of benzene rings is 2. The molecule has 1 aromatic heterocycles. The minimum absolute atomic E-state index is 0.353. The average molecular weight is 542 g/mol. The fraction of sp³-hybridized carbons (Fsp3) is 0.276. The zero-order valence-electron chi connectivity index (χ0n) is 21.4. The lowest BCUT2D eigenvalue weighted by Gasteiger charge is -2.28. The molecule has 0 unspecified atom stereocenters. The largest absolute Gasteiger partial charge is 0.478 e. The Morgan fingerprint density at radius 2 is 1.67 bits per heavy atom. The number of fused-ring (bicyclic) bond motifs is 1. The van der Waals surface area contributed by atoms with Crippen LogP contribution in [-0.2, 0) is 15.8 Å². The minimum atomic E-state index is -4.42. The van der Waals surface area contributed by atoms with Gasteiger partial charge in [0.15, 0.2) is 0 Å². The van der Waals surface area contributed by atoms with Crippen LogP contribution >= 0.6 is 0 Å². The highest BCUT2D eigenvalue weighted by atomic mass is 19.4. The number of anilines is 1. The van der Waals surface area contributed by atoms with Crippen molar-refractivity contribution in [3.8, 4) is 0 Å². The Balaban J connectivity index is 0.000000459. The molecule has 4 rings (SSSR count).